The topological polar surface area (TPSA) is 47.6 Å². The van der Waals surface area contributed by atoms with Crippen molar-refractivity contribution in [2.45, 2.75) is 17.2 Å². The van der Waals surface area contributed by atoms with Gasteiger partial charge in [0.25, 0.3) is 0 Å². The second kappa shape index (κ2) is 2.34. The molecule has 3 aliphatic rings. The number of halogens is 2. The minimum atomic E-state index is -1.20. The third-order valence-corrected chi connectivity index (χ3v) is 5.60. The third kappa shape index (κ3) is 0.671. The summed E-state index contributed by atoms with van der Waals surface area (Å²) in [7, 11) is 0. The van der Waals surface area contributed by atoms with Gasteiger partial charge in [0.15, 0.2) is 9.75 Å². The highest BCUT2D eigenvalue weighted by Gasteiger charge is 2.92. The zero-order valence-electron chi connectivity index (χ0n) is 7.87. The lowest BCUT2D eigenvalue weighted by Gasteiger charge is -2.18. The van der Waals surface area contributed by atoms with E-state index in [1.807, 2.05) is 0 Å². The predicted octanol–water partition coefficient (Wildman–Crippen LogP) is 2.79. The maximum Gasteiger partial charge on any atom is 0.186 e. The van der Waals surface area contributed by atoms with Crippen LogP contribution in [0.5, 0.6) is 0 Å². The van der Waals surface area contributed by atoms with Crippen LogP contribution in [-0.2, 0) is 0 Å². The van der Waals surface area contributed by atoms with Crippen molar-refractivity contribution < 1.29 is 0 Å². The maximum absolute atomic E-state index is 9.18. The van der Waals surface area contributed by atoms with E-state index in [-0.39, 0.29) is 5.92 Å². The molecule has 2 saturated carbocycles. The number of fused-ring (bicyclic) bond motifs is 3. The summed E-state index contributed by atoms with van der Waals surface area (Å²) < 4.78 is -1.19. The fourth-order valence-corrected chi connectivity index (χ4v) is 4.71. The lowest BCUT2D eigenvalue weighted by atomic mass is 9.83. The lowest BCUT2D eigenvalue weighted by molar-refractivity contribution is 0.371. The van der Waals surface area contributed by atoms with Crippen LogP contribution in [0, 0.1) is 45.3 Å². The molecule has 0 aromatic rings. The van der Waals surface area contributed by atoms with E-state index in [1.165, 1.54) is 0 Å². The van der Waals surface area contributed by atoms with E-state index in [4.69, 9.17) is 23.2 Å². The number of nitrogens with zero attached hydrogens (tertiary/aromatic N) is 2. The molecule has 1 spiro atoms. The monoisotopic (exact) mass is 238 g/mol. The first-order chi connectivity index (χ1) is 7.05. The molecule has 2 fully saturated rings. The number of nitriles is 2. The number of hydrogen-bond acceptors (Lipinski definition) is 2. The molecule has 3 atom stereocenters. The molecule has 0 aliphatic heterocycles. The van der Waals surface area contributed by atoms with Gasteiger partial charge < -0.3 is 0 Å². The van der Waals surface area contributed by atoms with Crippen LogP contribution in [0.4, 0.5) is 0 Å². The van der Waals surface area contributed by atoms with E-state index in [1.54, 1.807) is 0 Å². The largest absolute Gasteiger partial charge is 0.196 e. The van der Waals surface area contributed by atoms with E-state index in [0.717, 1.165) is 12.8 Å². The second-order valence-corrected chi connectivity index (χ2v) is 6.04. The summed E-state index contributed by atoms with van der Waals surface area (Å²) in [6.07, 6.45) is 6.00. The van der Waals surface area contributed by atoms with E-state index in [2.05, 4.69) is 24.3 Å². The maximum atomic E-state index is 9.18. The SMILES string of the molecule is N#CC1(C#N)C(Cl)(Cl)C12CC1C=CC2C1. The Morgan fingerprint density at radius 3 is 2.20 bits per heavy atom. The molecule has 0 aromatic carbocycles. The third-order valence-electron chi connectivity index (χ3n) is 4.36. The van der Waals surface area contributed by atoms with Crippen LogP contribution in [0.2, 0.25) is 0 Å². The molecule has 0 saturated heterocycles. The summed E-state index contributed by atoms with van der Waals surface area (Å²) >= 11 is 12.4. The van der Waals surface area contributed by atoms with Crippen molar-refractivity contribution in [1.29, 1.82) is 10.5 Å². The van der Waals surface area contributed by atoms with Gasteiger partial charge >= 0.3 is 0 Å². The molecule has 3 rings (SSSR count). The van der Waals surface area contributed by atoms with Gasteiger partial charge in [0.1, 0.15) is 0 Å². The first-order valence-electron chi connectivity index (χ1n) is 4.94. The van der Waals surface area contributed by atoms with Crippen molar-refractivity contribution in [2.75, 3.05) is 0 Å². The summed E-state index contributed by atoms with van der Waals surface area (Å²) in [6, 6.07) is 4.10. The Morgan fingerprint density at radius 2 is 1.87 bits per heavy atom. The highest BCUT2D eigenvalue weighted by atomic mass is 35.5. The van der Waals surface area contributed by atoms with Gasteiger partial charge in [-0.15, -0.1) is 0 Å². The molecule has 2 bridgehead atoms. The van der Waals surface area contributed by atoms with Gasteiger partial charge in [-0.1, -0.05) is 35.4 Å². The molecule has 0 heterocycles. The molecular formula is C11H8Cl2N2. The van der Waals surface area contributed by atoms with Crippen LogP contribution in [0.15, 0.2) is 12.2 Å². The van der Waals surface area contributed by atoms with Gasteiger partial charge in [0.2, 0.25) is 0 Å². The molecule has 0 amide bonds. The Balaban J connectivity index is 2.15. The quantitative estimate of drug-likeness (QED) is 0.482. The molecule has 0 N–H and O–H groups in total. The minimum Gasteiger partial charge on any atom is -0.196 e. The predicted molar refractivity (Wildman–Crippen MR) is 55.9 cm³/mol. The Kier molecular flexibility index (Phi) is 1.49. The highest BCUT2D eigenvalue weighted by Crippen LogP contribution is 2.86. The van der Waals surface area contributed by atoms with E-state index < -0.39 is 15.2 Å². The number of alkyl halides is 2. The summed E-state index contributed by atoms with van der Waals surface area (Å²) in [5.74, 6) is 0.659. The van der Waals surface area contributed by atoms with E-state index in [9.17, 15) is 10.5 Å². The summed E-state index contributed by atoms with van der Waals surface area (Å²) in [4.78, 5) is 0. The van der Waals surface area contributed by atoms with Gasteiger partial charge in [-0.3, -0.25) is 0 Å². The number of hydrogen-bond donors (Lipinski definition) is 0. The molecule has 3 unspecified atom stereocenters. The molecule has 76 valence electrons. The Morgan fingerprint density at radius 1 is 1.20 bits per heavy atom. The fraction of sp³-hybridized carbons (Fsp3) is 0.636. The van der Waals surface area contributed by atoms with Crippen LogP contribution in [0.3, 0.4) is 0 Å². The highest BCUT2D eigenvalue weighted by molar-refractivity contribution is 6.53. The van der Waals surface area contributed by atoms with Crippen molar-refractivity contribution in [3.05, 3.63) is 12.2 Å². The summed E-state index contributed by atoms with van der Waals surface area (Å²) in [5.41, 5.74) is -1.71. The van der Waals surface area contributed by atoms with E-state index in [0.29, 0.717) is 5.92 Å². The van der Waals surface area contributed by atoms with Gasteiger partial charge in [0.05, 0.1) is 12.1 Å². The zero-order chi connectivity index (χ0) is 10.9. The van der Waals surface area contributed by atoms with Crippen molar-refractivity contribution in [3.8, 4) is 12.1 Å². The molecule has 15 heavy (non-hydrogen) atoms. The van der Waals surface area contributed by atoms with Crippen molar-refractivity contribution in [3.63, 3.8) is 0 Å². The minimum absolute atomic E-state index is 0.205. The summed E-state index contributed by atoms with van der Waals surface area (Å²) in [5, 5.41) is 18.4. The second-order valence-electron chi connectivity index (χ2n) is 4.71. The smallest absolute Gasteiger partial charge is 0.186 e. The molecule has 0 radical (unpaired) electrons. The Bertz CT molecular complexity index is 440. The van der Waals surface area contributed by atoms with Crippen molar-refractivity contribution in [1.82, 2.24) is 0 Å². The van der Waals surface area contributed by atoms with Crippen molar-refractivity contribution in [2.24, 2.45) is 22.7 Å². The molecule has 0 aromatic heterocycles. The first kappa shape index (κ1) is 9.52. The standard InChI is InChI=1S/C11H8Cl2N2/c12-11(13)9(5-14,6-15)10(11)4-7-1-2-8(10)3-7/h1-2,7-8H,3-4H2. The number of allylic oxidation sites excluding steroid dienone is 2. The average molecular weight is 239 g/mol. The van der Waals surface area contributed by atoms with Gasteiger partial charge in [-0.25, -0.2) is 0 Å². The lowest BCUT2D eigenvalue weighted by Crippen LogP contribution is -2.17. The molecule has 3 aliphatic carbocycles. The molecular weight excluding hydrogens is 231 g/mol. The fourth-order valence-electron chi connectivity index (χ4n) is 3.58. The van der Waals surface area contributed by atoms with Gasteiger partial charge in [0, 0.05) is 5.41 Å². The average Bonchev–Trinajstić information content (AvgIpc) is 2.68. The zero-order valence-corrected chi connectivity index (χ0v) is 9.39. The van der Waals surface area contributed by atoms with Crippen LogP contribution < -0.4 is 0 Å². The summed E-state index contributed by atoms with van der Waals surface area (Å²) in [6.45, 7) is 0. The number of rotatable bonds is 0. The van der Waals surface area contributed by atoms with Crippen LogP contribution >= 0.6 is 23.2 Å². The first-order valence-corrected chi connectivity index (χ1v) is 5.70. The van der Waals surface area contributed by atoms with Crippen molar-refractivity contribution >= 4 is 23.2 Å². The molecule has 2 nitrogen and oxygen atoms in total. The van der Waals surface area contributed by atoms with Gasteiger partial charge in [-0.2, -0.15) is 10.5 Å². The van der Waals surface area contributed by atoms with E-state index >= 15 is 0 Å². The Labute approximate surface area is 98.1 Å². The van der Waals surface area contributed by atoms with Gasteiger partial charge in [-0.05, 0) is 24.7 Å². The van der Waals surface area contributed by atoms with Crippen LogP contribution in [-0.4, -0.2) is 4.33 Å². The van der Waals surface area contributed by atoms with Crippen LogP contribution in [0.1, 0.15) is 12.8 Å². The normalized spacial score (nSPS) is 46.4. The van der Waals surface area contributed by atoms with Crippen LogP contribution in [0.25, 0.3) is 0 Å². The Hall–Kier alpha value is -0.700. The molecule has 4 heteroatoms.